The van der Waals surface area contributed by atoms with Gasteiger partial charge < -0.3 is 15.1 Å². The van der Waals surface area contributed by atoms with Crippen molar-refractivity contribution in [2.24, 2.45) is 0 Å². The molecule has 1 aliphatic heterocycles. The highest BCUT2D eigenvalue weighted by molar-refractivity contribution is 5.99. The SMILES string of the molecule is CC(C)NC(=O)c1cccc(C(=O)N2CCN(c3ccccn3)CC2)c1. The largest absolute Gasteiger partial charge is 0.353 e. The fourth-order valence-corrected chi connectivity index (χ4v) is 3.00. The van der Waals surface area contributed by atoms with E-state index in [1.54, 1.807) is 30.5 Å². The van der Waals surface area contributed by atoms with E-state index in [9.17, 15) is 9.59 Å². The van der Waals surface area contributed by atoms with E-state index < -0.39 is 0 Å². The van der Waals surface area contributed by atoms with Crippen LogP contribution >= 0.6 is 0 Å². The Bertz CT molecular complexity index is 768. The first-order valence-corrected chi connectivity index (χ1v) is 8.91. The Hall–Kier alpha value is -2.89. The normalized spacial score (nSPS) is 14.4. The highest BCUT2D eigenvalue weighted by Gasteiger charge is 2.23. The second kappa shape index (κ2) is 7.99. The molecule has 26 heavy (non-hydrogen) atoms. The molecule has 0 spiro atoms. The average molecular weight is 352 g/mol. The molecule has 2 amide bonds. The van der Waals surface area contributed by atoms with Crippen LogP contribution in [0.15, 0.2) is 48.7 Å². The average Bonchev–Trinajstić information content (AvgIpc) is 2.68. The third-order valence-electron chi connectivity index (χ3n) is 4.33. The van der Waals surface area contributed by atoms with E-state index in [4.69, 9.17) is 0 Å². The first-order chi connectivity index (χ1) is 12.5. The smallest absolute Gasteiger partial charge is 0.253 e. The standard InChI is InChI=1S/C20H24N4O2/c1-15(2)22-19(25)16-6-5-7-17(14-16)20(26)24-12-10-23(11-13-24)18-8-3-4-9-21-18/h3-9,14-15H,10-13H2,1-2H3,(H,22,25). The Balaban J connectivity index is 1.64. The quantitative estimate of drug-likeness (QED) is 0.916. The fourth-order valence-electron chi connectivity index (χ4n) is 3.00. The number of nitrogens with one attached hydrogen (secondary N) is 1. The topological polar surface area (TPSA) is 65.5 Å². The van der Waals surface area contributed by atoms with E-state index in [0.717, 1.165) is 18.9 Å². The highest BCUT2D eigenvalue weighted by Crippen LogP contribution is 2.15. The van der Waals surface area contributed by atoms with Gasteiger partial charge in [-0.25, -0.2) is 4.98 Å². The molecule has 6 heteroatoms. The van der Waals surface area contributed by atoms with Gasteiger partial charge in [-0.1, -0.05) is 12.1 Å². The lowest BCUT2D eigenvalue weighted by Crippen LogP contribution is -2.49. The summed E-state index contributed by atoms with van der Waals surface area (Å²) in [7, 11) is 0. The summed E-state index contributed by atoms with van der Waals surface area (Å²) in [5.74, 6) is 0.742. The number of benzene rings is 1. The molecule has 136 valence electrons. The molecule has 1 aliphatic rings. The van der Waals surface area contributed by atoms with Crippen LogP contribution in [-0.4, -0.2) is 53.9 Å². The van der Waals surface area contributed by atoms with Gasteiger partial charge in [-0.05, 0) is 44.2 Å². The van der Waals surface area contributed by atoms with Crippen LogP contribution in [0.5, 0.6) is 0 Å². The predicted octanol–water partition coefficient (Wildman–Crippen LogP) is 2.18. The van der Waals surface area contributed by atoms with Crippen molar-refractivity contribution in [3.8, 4) is 0 Å². The zero-order valence-corrected chi connectivity index (χ0v) is 15.2. The molecule has 2 heterocycles. The van der Waals surface area contributed by atoms with Gasteiger partial charge in [-0.15, -0.1) is 0 Å². The number of pyridine rings is 1. The molecule has 0 radical (unpaired) electrons. The molecule has 0 bridgehead atoms. The Labute approximate surface area is 153 Å². The predicted molar refractivity (Wildman–Crippen MR) is 101 cm³/mol. The molecule has 1 fully saturated rings. The van der Waals surface area contributed by atoms with Crippen molar-refractivity contribution in [1.82, 2.24) is 15.2 Å². The molecular formula is C20H24N4O2. The minimum absolute atomic E-state index is 0.0372. The van der Waals surface area contributed by atoms with Crippen molar-refractivity contribution in [3.63, 3.8) is 0 Å². The van der Waals surface area contributed by atoms with Crippen molar-refractivity contribution in [3.05, 3.63) is 59.8 Å². The Morgan fingerprint density at radius 3 is 2.38 bits per heavy atom. The molecule has 3 rings (SSSR count). The number of rotatable bonds is 4. The van der Waals surface area contributed by atoms with Crippen LogP contribution in [0.25, 0.3) is 0 Å². The number of anilines is 1. The van der Waals surface area contributed by atoms with E-state index in [-0.39, 0.29) is 17.9 Å². The van der Waals surface area contributed by atoms with Crippen LogP contribution in [0.4, 0.5) is 5.82 Å². The monoisotopic (exact) mass is 352 g/mol. The van der Waals surface area contributed by atoms with Crippen molar-refractivity contribution < 1.29 is 9.59 Å². The van der Waals surface area contributed by atoms with Crippen molar-refractivity contribution in [1.29, 1.82) is 0 Å². The Morgan fingerprint density at radius 1 is 1.00 bits per heavy atom. The minimum Gasteiger partial charge on any atom is -0.353 e. The van der Waals surface area contributed by atoms with Crippen LogP contribution in [0.2, 0.25) is 0 Å². The van der Waals surface area contributed by atoms with Crippen LogP contribution in [-0.2, 0) is 0 Å². The molecule has 1 N–H and O–H groups in total. The van der Waals surface area contributed by atoms with Gasteiger partial charge in [0.05, 0.1) is 0 Å². The number of piperazine rings is 1. The second-order valence-electron chi connectivity index (χ2n) is 6.68. The van der Waals surface area contributed by atoms with Crippen LogP contribution in [0, 0.1) is 0 Å². The lowest BCUT2D eigenvalue weighted by molar-refractivity contribution is 0.0746. The first kappa shape index (κ1) is 17.9. The van der Waals surface area contributed by atoms with Gasteiger partial charge in [-0.2, -0.15) is 0 Å². The maximum absolute atomic E-state index is 12.8. The molecule has 2 aromatic rings. The zero-order valence-electron chi connectivity index (χ0n) is 15.2. The molecule has 1 aromatic heterocycles. The number of nitrogens with zero attached hydrogens (tertiary/aromatic N) is 3. The number of hydrogen-bond acceptors (Lipinski definition) is 4. The lowest BCUT2D eigenvalue weighted by Gasteiger charge is -2.35. The number of hydrogen-bond donors (Lipinski definition) is 1. The number of carbonyl (C=O) groups is 2. The van der Waals surface area contributed by atoms with Gasteiger partial charge in [0.25, 0.3) is 11.8 Å². The van der Waals surface area contributed by atoms with Crippen LogP contribution in [0.1, 0.15) is 34.6 Å². The summed E-state index contributed by atoms with van der Waals surface area (Å²) in [6.07, 6.45) is 1.78. The van der Waals surface area contributed by atoms with Crippen molar-refractivity contribution in [2.75, 3.05) is 31.1 Å². The van der Waals surface area contributed by atoms with Gasteiger partial charge in [0.2, 0.25) is 0 Å². The fraction of sp³-hybridized carbons (Fsp3) is 0.350. The summed E-state index contributed by atoms with van der Waals surface area (Å²) in [5, 5.41) is 2.85. The number of amides is 2. The van der Waals surface area contributed by atoms with Gasteiger partial charge in [0.1, 0.15) is 5.82 Å². The summed E-state index contributed by atoms with van der Waals surface area (Å²) >= 11 is 0. The summed E-state index contributed by atoms with van der Waals surface area (Å²) < 4.78 is 0. The zero-order chi connectivity index (χ0) is 18.5. The third-order valence-corrected chi connectivity index (χ3v) is 4.33. The molecular weight excluding hydrogens is 328 g/mol. The van der Waals surface area contributed by atoms with E-state index in [1.807, 2.05) is 36.9 Å². The summed E-state index contributed by atoms with van der Waals surface area (Å²) in [6.45, 7) is 6.59. The minimum atomic E-state index is -0.158. The summed E-state index contributed by atoms with van der Waals surface area (Å²) in [5.41, 5.74) is 1.06. The Morgan fingerprint density at radius 2 is 1.73 bits per heavy atom. The second-order valence-corrected chi connectivity index (χ2v) is 6.68. The molecule has 6 nitrogen and oxygen atoms in total. The molecule has 0 aliphatic carbocycles. The van der Waals surface area contributed by atoms with Gasteiger partial charge in [-0.3, -0.25) is 9.59 Å². The van der Waals surface area contributed by atoms with E-state index >= 15 is 0 Å². The van der Waals surface area contributed by atoms with Crippen molar-refractivity contribution in [2.45, 2.75) is 19.9 Å². The third kappa shape index (κ3) is 4.20. The Kier molecular flexibility index (Phi) is 5.51. The maximum atomic E-state index is 12.8. The summed E-state index contributed by atoms with van der Waals surface area (Å²) in [4.78, 5) is 33.3. The van der Waals surface area contributed by atoms with E-state index in [1.165, 1.54) is 0 Å². The maximum Gasteiger partial charge on any atom is 0.253 e. The van der Waals surface area contributed by atoms with Gasteiger partial charge in [0.15, 0.2) is 0 Å². The summed E-state index contributed by atoms with van der Waals surface area (Å²) in [6, 6.07) is 12.8. The van der Waals surface area contributed by atoms with Crippen LogP contribution < -0.4 is 10.2 Å². The molecule has 0 saturated carbocycles. The van der Waals surface area contributed by atoms with E-state index in [2.05, 4.69) is 15.2 Å². The number of aromatic nitrogens is 1. The number of carbonyl (C=O) groups excluding carboxylic acids is 2. The van der Waals surface area contributed by atoms with Gasteiger partial charge >= 0.3 is 0 Å². The van der Waals surface area contributed by atoms with E-state index in [0.29, 0.717) is 24.2 Å². The molecule has 1 aromatic carbocycles. The molecule has 0 unspecified atom stereocenters. The molecule has 0 atom stereocenters. The molecule has 1 saturated heterocycles. The lowest BCUT2D eigenvalue weighted by atomic mass is 10.1. The van der Waals surface area contributed by atoms with Crippen LogP contribution in [0.3, 0.4) is 0 Å². The first-order valence-electron chi connectivity index (χ1n) is 8.91. The van der Waals surface area contributed by atoms with Crippen molar-refractivity contribution >= 4 is 17.6 Å². The highest BCUT2D eigenvalue weighted by atomic mass is 16.2. The van der Waals surface area contributed by atoms with Gasteiger partial charge in [0, 0.05) is 49.5 Å².